The van der Waals surface area contributed by atoms with Crippen molar-refractivity contribution in [2.75, 3.05) is 0 Å². The molecule has 3 nitrogen and oxygen atoms in total. The Hall–Kier alpha value is -2.75. The van der Waals surface area contributed by atoms with Gasteiger partial charge >= 0.3 is 0 Å². The molecule has 0 saturated carbocycles. The number of hydrogen-bond donors (Lipinski definition) is 0. The average Bonchev–Trinajstić information content (AvgIpc) is 2.84. The summed E-state index contributed by atoms with van der Waals surface area (Å²) >= 11 is 0. The molecule has 0 bridgehead atoms. The van der Waals surface area contributed by atoms with Crippen LogP contribution in [-0.2, 0) is 6.42 Å². The third kappa shape index (κ3) is 3.12. The fourth-order valence-corrected chi connectivity index (χ4v) is 3.30. The van der Waals surface area contributed by atoms with Crippen LogP contribution in [0.1, 0.15) is 40.5 Å². The van der Waals surface area contributed by atoms with Gasteiger partial charge in [0.2, 0.25) is 0 Å². The Bertz CT molecular complexity index is 924. The number of benzene rings is 2. The number of aliphatic imine (C=N–C) groups is 1. The number of nitrogens with zero attached hydrogens (tertiary/aromatic N) is 2. The van der Waals surface area contributed by atoms with Crippen LogP contribution >= 0.6 is 0 Å². The lowest BCUT2D eigenvalue weighted by molar-refractivity contribution is 0.373. The monoisotopic (exact) mass is 334 g/mol. The van der Waals surface area contributed by atoms with Gasteiger partial charge in [-0.05, 0) is 49.4 Å². The topological polar surface area (TPSA) is 38.4 Å². The minimum absolute atomic E-state index is 0.175. The van der Waals surface area contributed by atoms with Crippen molar-refractivity contribution in [1.29, 1.82) is 0 Å². The molecule has 1 atom stereocenters. The van der Waals surface area contributed by atoms with Crippen molar-refractivity contribution in [1.82, 2.24) is 5.16 Å². The van der Waals surface area contributed by atoms with Crippen LogP contribution in [0.15, 0.2) is 58.0 Å². The lowest BCUT2D eigenvalue weighted by Gasteiger charge is -2.16. The zero-order valence-electron chi connectivity index (χ0n) is 14.3. The van der Waals surface area contributed by atoms with Gasteiger partial charge in [-0.25, -0.2) is 9.38 Å². The van der Waals surface area contributed by atoms with Crippen molar-refractivity contribution in [2.24, 2.45) is 4.99 Å². The van der Waals surface area contributed by atoms with Crippen LogP contribution in [0.3, 0.4) is 0 Å². The summed E-state index contributed by atoms with van der Waals surface area (Å²) < 4.78 is 18.8. The normalized spacial score (nSPS) is 16.9. The molecule has 0 amide bonds. The first-order valence-electron chi connectivity index (χ1n) is 8.45. The van der Waals surface area contributed by atoms with Crippen molar-refractivity contribution < 1.29 is 8.91 Å². The molecular formula is C21H19FN2O. The first kappa shape index (κ1) is 15.8. The molecule has 126 valence electrons. The van der Waals surface area contributed by atoms with Gasteiger partial charge in [-0.2, -0.15) is 0 Å². The third-order valence-corrected chi connectivity index (χ3v) is 4.74. The molecular weight excluding hydrogens is 315 g/mol. The number of rotatable bonds is 2. The molecule has 2 heterocycles. The van der Waals surface area contributed by atoms with E-state index in [1.165, 1.54) is 17.7 Å². The van der Waals surface area contributed by atoms with Crippen LogP contribution in [0.4, 0.5) is 10.1 Å². The van der Waals surface area contributed by atoms with Crippen molar-refractivity contribution >= 4 is 11.4 Å². The number of halogens is 1. The molecule has 3 aromatic rings. The second kappa shape index (κ2) is 6.28. The van der Waals surface area contributed by atoms with E-state index in [0.29, 0.717) is 6.42 Å². The highest BCUT2D eigenvalue weighted by molar-refractivity contribution is 6.03. The summed E-state index contributed by atoms with van der Waals surface area (Å²) in [4.78, 5) is 4.88. The zero-order chi connectivity index (χ0) is 17.4. The molecule has 1 aromatic heterocycles. The molecule has 0 saturated heterocycles. The van der Waals surface area contributed by atoms with Gasteiger partial charge in [0, 0.05) is 12.1 Å². The van der Waals surface area contributed by atoms with Gasteiger partial charge in [0.25, 0.3) is 0 Å². The summed E-state index contributed by atoms with van der Waals surface area (Å²) in [5, 5.41) is 4.08. The summed E-state index contributed by atoms with van der Waals surface area (Å²) in [6.07, 6.45) is 1.49. The van der Waals surface area contributed by atoms with Crippen LogP contribution in [0, 0.1) is 19.7 Å². The molecule has 0 N–H and O–H groups in total. The molecule has 0 radical (unpaired) electrons. The Kier molecular flexibility index (Phi) is 3.96. The van der Waals surface area contributed by atoms with Gasteiger partial charge in [0.15, 0.2) is 5.76 Å². The van der Waals surface area contributed by atoms with Gasteiger partial charge in [0.05, 0.1) is 0 Å². The van der Waals surface area contributed by atoms with E-state index in [9.17, 15) is 4.39 Å². The summed E-state index contributed by atoms with van der Waals surface area (Å²) in [6.45, 7) is 3.99. The molecule has 2 aromatic carbocycles. The van der Waals surface area contributed by atoms with Gasteiger partial charge in [-0.15, -0.1) is 0 Å². The molecule has 0 spiro atoms. The highest BCUT2D eigenvalue weighted by Crippen LogP contribution is 2.36. The van der Waals surface area contributed by atoms with Crippen LogP contribution in [-0.4, -0.2) is 10.9 Å². The van der Waals surface area contributed by atoms with E-state index in [-0.39, 0.29) is 11.7 Å². The number of aryl methyl sites for hydroxylation is 2. The van der Waals surface area contributed by atoms with E-state index in [4.69, 9.17) is 9.52 Å². The van der Waals surface area contributed by atoms with E-state index < -0.39 is 0 Å². The fraction of sp³-hybridized carbons (Fsp3) is 0.238. The van der Waals surface area contributed by atoms with Crippen molar-refractivity contribution in [3.8, 4) is 0 Å². The Labute approximate surface area is 146 Å². The number of hydrogen-bond acceptors (Lipinski definition) is 3. The van der Waals surface area contributed by atoms with E-state index in [1.807, 2.05) is 19.1 Å². The molecule has 0 aliphatic carbocycles. The maximum absolute atomic E-state index is 13.3. The predicted octanol–water partition coefficient (Wildman–Crippen LogP) is 5.28. The lowest BCUT2D eigenvalue weighted by Crippen LogP contribution is -2.09. The van der Waals surface area contributed by atoms with Crippen LogP contribution < -0.4 is 0 Å². The smallest absolute Gasteiger partial charge is 0.163 e. The Morgan fingerprint density at radius 1 is 0.960 bits per heavy atom. The standard InChI is InChI=1S/C21H19FN2O/c1-13-3-5-16(6-4-13)19-11-17(15-7-9-18(22)10-8-15)12-20-21(23-19)14(2)24-25-20/h3-10,17H,11-12H2,1-2H3/t17-/m1/s1. The second-order valence-electron chi connectivity index (χ2n) is 6.62. The highest BCUT2D eigenvalue weighted by atomic mass is 19.1. The zero-order valence-corrected chi connectivity index (χ0v) is 14.3. The maximum Gasteiger partial charge on any atom is 0.163 e. The van der Waals surface area contributed by atoms with Crippen molar-refractivity contribution in [3.05, 3.63) is 82.5 Å². The van der Waals surface area contributed by atoms with Gasteiger partial charge in [-0.1, -0.05) is 47.1 Å². The summed E-state index contributed by atoms with van der Waals surface area (Å²) in [6, 6.07) is 15.1. The van der Waals surface area contributed by atoms with Crippen molar-refractivity contribution in [2.45, 2.75) is 32.6 Å². The quantitative estimate of drug-likeness (QED) is 0.639. The minimum atomic E-state index is -0.221. The molecule has 0 fully saturated rings. The first-order valence-corrected chi connectivity index (χ1v) is 8.45. The van der Waals surface area contributed by atoms with E-state index in [0.717, 1.165) is 40.4 Å². The van der Waals surface area contributed by atoms with Crippen LogP contribution in [0.25, 0.3) is 0 Å². The molecule has 1 aliphatic rings. The number of fused-ring (bicyclic) bond motifs is 1. The molecule has 0 unspecified atom stereocenters. The van der Waals surface area contributed by atoms with Gasteiger partial charge in [0.1, 0.15) is 17.2 Å². The Morgan fingerprint density at radius 3 is 2.40 bits per heavy atom. The minimum Gasteiger partial charge on any atom is -0.359 e. The summed E-state index contributed by atoms with van der Waals surface area (Å²) in [5.41, 5.74) is 6.06. The van der Waals surface area contributed by atoms with Crippen molar-refractivity contribution in [3.63, 3.8) is 0 Å². The summed E-state index contributed by atoms with van der Waals surface area (Å²) in [7, 11) is 0. The number of aromatic nitrogens is 1. The molecule has 25 heavy (non-hydrogen) atoms. The molecule has 4 heteroatoms. The summed E-state index contributed by atoms with van der Waals surface area (Å²) in [5.74, 6) is 0.754. The highest BCUT2D eigenvalue weighted by Gasteiger charge is 2.26. The SMILES string of the molecule is Cc1ccc(C2=Nc3c(C)noc3C[C@H](c3ccc(F)cc3)C2)cc1. The largest absolute Gasteiger partial charge is 0.359 e. The second-order valence-corrected chi connectivity index (χ2v) is 6.62. The van der Waals surface area contributed by atoms with Gasteiger partial charge < -0.3 is 4.52 Å². The van der Waals surface area contributed by atoms with E-state index in [1.54, 1.807) is 0 Å². The van der Waals surface area contributed by atoms with E-state index in [2.05, 4.69) is 36.3 Å². The van der Waals surface area contributed by atoms with Crippen LogP contribution in [0.2, 0.25) is 0 Å². The predicted molar refractivity (Wildman–Crippen MR) is 96.1 cm³/mol. The lowest BCUT2D eigenvalue weighted by atomic mass is 9.88. The third-order valence-electron chi connectivity index (χ3n) is 4.74. The Balaban J connectivity index is 1.79. The Morgan fingerprint density at radius 2 is 1.68 bits per heavy atom. The van der Waals surface area contributed by atoms with E-state index >= 15 is 0 Å². The van der Waals surface area contributed by atoms with Gasteiger partial charge in [-0.3, -0.25) is 0 Å². The molecule has 1 aliphatic heterocycles. The van der Waals surface area contributed by atoms with Crippen LogP contribution in [0.5, 0.6) is 0 Å². The average molecular weight is 334 g/mol. The maximum atomic E-state index is 13.3. The fourth-order valence-electron chi connectivity index (χ4n) is 3.30. The molecule has 4 rings (SSSR count). The first-order chi connectivity index (χ1) is 12.1.